The summed E-state index contributed by atoms with van der Waals surface area (Å²) in [5.74, 6) is 1.17. The highest BCUT2D eigenvalue weighted by Crippen LogP contribution is 2.32. The van der Waals surface area contributed by atoms with E-state index in [0.717, 1.165) is 44.2 Å². The number of hydrogen-bond acceptors (Lipinski definition) is 5. The highest BCUT2D eigenvalue weighted by Gasteiger charge is 2.28. The van der Waals surface area contributed by atoms with Crippen LogP contribution in [0.1, 0.15) is 47.7 Å². The number of H-pyrrole nitrogens is 1. The Balaban J connectivity index is 1.32. The zero-order chi connectivity index (χ0) is 18.8. The van der Waals surface area contributed by atoms with Gasteiger partial charge in [-0.15, -0.1) is 0 Å². The lowest BCUT2D eigenvalue weighted by atomic mass is 9.91. The Labute approximate surface area is 165 Å². The summed E-state index contributed by atoms with van der Waals surface area (Å²) in [5, 5.41) is 0. The molecule has 6 heteroatoms. The molecule has 5 rings (SSSR count). The first-order valence-corrected chi connectivity index (χ1v) is 10.2. The molecule has 0 radical (unpaired) electrons. The predicted octanol–water partition coefficient (Wildman–Crippen LogP) is 3.34. The SMILES string of the molecule is c1ccc(C2CN(Cc3cnc(N4CCCCC4)nc3)Cc3[nH]cnc32)cc1. The van der Waals surface area contributed by atoms with Gasteiger partial charge in [0, 0.05) is 56.6 Å². The minimum atomic E-state index is 0.296. The molecule has 0 saturated carbocycles. The molecule has 28 heavy (non-hydrogen) atoms. The highest BCUT2D eigenvalue weighted by molar-refractivity contribution is 5.34. The molecule has 6 nitrogen and oxygen atoms in total. The summed E-state index contributed by atoms with van der Waals surface area (Å²) in [7, 11) is 0. The molecule has 3 aromatic rings. The predicted molar refractivity (Wildman–Crippen MR) is 109 cm³/mol. The van der Waals surface area contributed by atoms with E-state index in [9.17, 15) is 0 Å². The zero-order valence-corrected chi connectivity index (χ0v) is 16.1. The monoisotopic (exact) mass is 374 g/mol. The van der Waals surface area contributed by atoms with Gasteiger partial charge in [-0.05, 0) is 24.8 Å². The minimum Gasteiger partial charge on any atom is -0.347 e. The van der Waals surface area contributed by atoms with Crippen molar-refractivity contribution < 1.29 is 0 Å². The molecule has 0 amide bonds. The van der Waals surface area contributed by atoms with E-state index in [4.69, 9.17) is 0 Å². The van der Waals surface area contributed by atoms with E-state index >= 15 is 0 Å². The standard InChI is InChI=1S/C22H26N6/c1-3-7-18(8-4-1)19-14-27(15-20-21(19)26-16-25-20)13-17-11-23-22(24-12-17)28-9-5-2-6-10-28/h1,3-4,7-8,11-12,16,19H,2,5-6,9-10,13-15H2,(H,25,26). The van der Waals surface area contributed by atoms with E-state index in [2.05, 4.69) is 60.1 Å². The van der Waals surface area contributed by atoms with Crippen molar-refractivity contribution in [2.45, 2.75) is 38.3 Å². The van der Waals surface area contributed by atoms with Gasteiger partial charge >= 0.3 is 0 Å². The molecule has 1 aromatic carbocycles. The minimum absolute atomic E-state index is 0.296. The maximum Gasteiger partial charge on any atom is 0.225 e. The van der Waals surface area contributed by atoms with Crippen molar-refractivity contribution in [1.29, 1.82) is 0 Å². The number of aromatic nitrogens is 4. The third-order valence-electron chi connectivity index (χ3n) is 5.84. The van der Waals surface area contributed by atoms with Gasteiger partial charge in [-0.1, -0.05) is 30.3 Å². The third kappa shape index (κ3) is 3.52. The summed E-state index contributed by atoms with van der Waals surface area (Å²) in [5.41, 5.74) is 4.87. The molecule has 1 atom stereocenters. The topological polar surface area (TPSA) is 60.9 Å². The average Bonchev–Trinajstić information content (AvgIpc) is 3.24. The van der Waals surface area contributed by atoms with Crippen LogP contribution in [0.25, 0.3) is 0 Å². The van der Waals surface area contributed by atoms with Crippen molar-refractivity contribution in [3.8, 4) is 0 Å². The molecule has 2 aliphatic heterocycles. The molecule has 0 spiro atoms. The smallest absolute Gasteiger partial charge is 0.225 e. The highest BCUT2D eigenvalue weighted by atomic mass is 15.2. The van der Waals surface area contributed by atoms with Crippen molar-refractivity contribution in [2.75, 3.05) is 24.5 Å². The second-order valence-electron chi connectivity index (χ2n) is 7.84. The van der Waals surface area contributed by atoms with Crippen LogP contribution in [0, 0.1) is 0 Å². The van der Waals surface area contributed by atoms with Gasteiger partial charge in [-0.25, -0.2) is 15.0 Å². The number of nitrogens with one attached hydrogen (secondary N) is 1. The van der Waals surface area contributed by atoms with Gasteiger partial charge in [0.15, 0.2) is 0 Å². The number of piperidine rings is 1. The molecule has 2 aliphatic rings. The number of anilines is 1. The summed E-state index contributed by atoms with van der Waals surface area (Å²) in [6, 6.07) is 10.7. The summed E-state index contributed by atoms with van der Waals surface area (Å²) in [6.07, 6.45) is 9.62. The van der Waals surface area contributed by atoms with E-state index in [0.29, 0.717) is 5.92 Å². The second-order valence-corrected chi connectivity index (χ2v) is 7.84. The maximum absolute atomic E-state index is 4.65. The number of imidazole rings is 1. The van der Waals surface area contributed by atoms with Gasteiger partial charge in [-0.2, -0.15) is 0 Å². The molecule has 1 fully saturated rings. The van der Waals surface area contributed by atoms with Gasteiger partial charge < -0.3 is 9.88 Å². The number of rotatable bonds is 4. The lowest BCUT2D eigenvalue weighted by molar-refractivity contribution is 0.227. The summed E-state index contributed by atoms with van der Waals surface area (Å²) in [6.45, 7) is 4.84. The van der Waals surface area contributed by atoms with Crippen molar-refractivity contribution >= 4 is 5.95 Å². The number of hydrogen-bond donors (Lipinski definition) is 1. The van der Waals surface area contributed by atoms with Crippen LogP contribution in [0.2, 0.25) is 0 Å². The van der Waals surface area contributed by atoms with Gasteiger partial charge in [0.05, 0.1) is 17.7 Å². The van der Waals surface area contributed by atoms with E-state index < -0.39 is 0 Å². The number of nitrogens with zero attached hydrogens (tertiary/aromatic N) is 5. The van der Waals surface area contributed by atoms with Crippen molar-refractivity contribution in [1.82, 2.24) is 24.8 Å². The van der Waals surface area contributed by atoms with Crippen LogP contribution in [0.5, 0.6) is 0 Å². The van der Waals surface area contributed by atoms with Crippen LogP contribution >= 0.6 is 0 Å². The summed E-state index contributed by atoms with van der Waals surface area (Å²) < 4.78 is 0. The average molecular weight is 374 g/mol. The number of benzene rings is 1. The Morgan fingerprint density at radius 3 is 2.54 bits per heavy atom. The Hall–Kier alpha value is -2.73. The molecule has 0 bridgehead atoms. The van der Waals surface area contributed by atoms with Gasteiger partial charge in [0.25, 0.3) is 0 Å². The fraction of sp³-hybridized carbons (Fsp3) is 0.409. The van der Waals surface area contributed by atoms with Gasteiger partial charge in [-0.3, -0.25) is 4.90 Å². The number of fused-ring (bicyclic) bond motifs is 1. The molecule has 0 aliphatic carbocycles. The summed E-state index contributed by atoms with van der Waals surface area (Å²) in [4.78, 5) is 22.0. The third-order valence-corrected chi connectivity index (χ3v) is 5.84. The molecular formula is C22H26N6. The first kappa shape index (κ1) is 17.4. The van der Waals surface area contributed by atoms with Crippen LogP contribution in [-0.2, 0) is 13.1 Å². The van der Waals surface area contributed by atoms with Crippen LogP contribution in [-0.4, -0.2) is 44.5 Å². The lowest BCUT2D eigenvalue weighted by Gasteiger charge is -2.32. The molecule has 2 aromatic heterocycles. The fourth-order valence-electron chi connectivity index (χ4n) is 4.41. The van der Waals surface area contributed by atoms with Gasteiger partial charge in [0.1, 0.15) is 0 Å². The Bertz CT molecular complexity index is 898. The Morgan fingerprint density at radius 1 is 0.964 bits per heavy atom. The van der Waals surface area contributed by atoms with Crippen LogP contribution < -0.4 is 4.90 Å². The summed E-state index contributed by atoms with van der Waals surface area (Å²) >= 11 is 0. The molecular weight excluding hydrogens is 348 g/mol. The first-order valence-electron chi connectivity index (χ1n) is 10.2. The first-order chi connectivity index (χ1) is 13.9. The van der Waals surface area contributed by atoms with Crippen molar-refractivity contribution in [3.63, 3.8) is 0 Å². The fourth-order valence-corrected chi connectivity index (χ4v) is 4.41. The van der Waals surface area contributed by atoms with Crippen LogP contribution in [0.4, 0.5) is 5.95 Å². The molecule has 144 valence electrons. The number of aromatic amines is 1. The second kappa shape index (κ2) is 7.72. The molecule has 1 saturated heterocycles. The van der Waals surface area contributed by atoms with E-state index in [1.807, 2.05) is 18.7 Å². The molecule has 1 unspecified atom stereocenters. The largest absolute Gasteiger partial charge is 0.347 e. The van der Waals surface area contributed by atoms with E-state index in [1.165, 1.54) is 36.2 Å². The maximum atomic E-state index is 4.65. The van der Waals surface area contributed by atoms with Crippen LogP contribution in [0.15, 0.2) is 49.1 Å². The zero-order valence-electron chi connectivity index (χ0n) is 16.1. The lowest BCUT2D eigenvalue weighted by Crippen LogP contribution is -2.34. The quantitative estimate of drug-likeness (QED) is 0.759. The Morgan fingerprint density at radius 2 is 1.75 bits per heavy atom. The van der Waals surface area contributed by atoms with Crippen LogP contribution in [0.3, 0.4) is 0 Å². The normalized spacial score (nSPS) is 20.1. The molecule has 1 N–H and O–H groups in total. The molecule has 4 heterocycles. The van der Waals surface area contributed by atoms with E-state index in [1.54, 1.807) is 0 Å². The van der Waals surface area contributed by atoms with Crippen molar-refractivity contribution in [2.24, 2.45) is 0 Å². The van der Waals surface area contributed by atoms with Crippen molar-refractivity contribution in [3.05, 3.63) is 71.6 Å². The Kier molecular flexibility index (Phi) is 4.79. The van der Waals surface area contributed by atoms with E-state index in [-0.39, 0.29) is 0 Å². The van der Waals surface area contributed by atoms with Gasteiger partial charge in [0.2, 0.25) is 5.95 Å².